The standard InChI is InChI=1S/C22H22N4OS/c1-13-8-9-19(14(2)10-13)26-22(27)18(15(3)25-26)12-24-21-17(11-23)16-6-4-5-7-20(16)28-21/h8-10,12,25H,4-7H2,1-3H3/b24-12+. The van der Waals surface area contributed by atoms with Crippen molar-refractivity contribution in [3.63, 3.8) is 0 Å². The van der Waals surface area contributed by atoms with Gasteiger partial charge in [0.05, 0.1) is 16.8 Å². The number of fused-ring (bicyclic) bond motifs is 1. The number of aromatic nitrogens is 2. The Hall–Kier alpha value is -2.91. The molecule has 0 bridgehead atoms. The summed E-state index contributed by atoms with van der Waals surface area (Å²) in [4.78, 5) is 18.8. The summed E-state index contributed by atoms with van der Waals surface area (Å²) >= 11 is 1.59. The SMILES string of the molecule is Cc1ccc(-n2[nH]c(C)c(/C=N/c3sc4c(c3C#N)CCCC4)c2=O)c(C)c1. The Bertz CT molecular complexity index is 1190. The van der Waals surface area contributed by atoms with Crippen LogP contribution in [0.1, 0.15) is 51.2 Å². The summed E-state index contributed by atoms with van der Waals surface area (Å²) in [5.41, 5.74) is 6.01. The van der Waals surface area contributed by atoms with Gasteiger partial charge < -0.3 is 0 Å². The van der Waals surface area contributed by atoms with Gasteiger partial charge in [-0.05, 0) is 63.6 Å². The Balaban J connectivity index is 1.74. The second-order valence-corrected chi connectivity index (χ2v) is 8.43. The van der Waals surface area contributed by atoms with E-state index in [1.54, 1.807) is 22.2 Å². The number of benzene rings is 1. The van der Waals surface area contributed by atoms with Crippen LogP contribution in [0.2, 0.25) is 0 Å². The fraction of sp³-hybridized carbons (Fsp3) is 0.318. The number of aryl methyl sites for hydroxylation is 4. The van der Waals surface area contributed by atoms with Gasteiger partial charge in [0.2, 0.25) is 0 Å². The Morgan fingerprint density at radius 2 is 2.04 bits per heavy atom. The van der Waals surface area contributed by atoms with Gasteiger partial charge in [0, 0.05) is 16.8 Å². The highest BCUT2D eigenvalue weighted by molar-refractivity contribution is 7.16. The number of hydrogen-bond acceptors (Lipinski definition) is 4. The van der Waals surface area contributed by atoms with Crippen LogP contribution in [0.25, 0.3) is 5.69 Å². The van der Waals surface area contributed by atoms with E-state index in [2.05, 4.69) is 22.2 Å². The summed E-state index contributed by atoms with van der Waals surface area (Å²) < 4.78 is 1.57. The molecular weight excluding hydrogens is 368 g/mol. The van der Waals surface area contributed by atoms with Gasteiger partial charge in [-0.15, -0.1) is 11.3 Å². The summed E-state index contributed by atoms with van der Waals surface area (Å²) in [6, 6.07) is 8.32. The Labute approximate surface area is 168 Å². The van der Waals surface area contributed by atoms with Crippen LogP contribution in [0.15, 0.2) is 28.0 Å². The first-order valence-corrected chi connectivity index (χ1v) is 10.3. The molecule has 1 N–H and O–H groups in total. The molecule has 0 spiro atoms. The first-order chi connectivity index (χ1) is 13.5. The first kappa shape index (κ1) is 18.5. The van der Waals surface area contributed by atoms with E-state index in [-0.39, 0.29) is 5.56 Å². The van der Waals surface area contributed by atoms with Crippen molar-refractivity contribution in [1.29, 1.82) is 5.26 Å². The van der Waals surface area contributed by atoms with Crippen molar-refractivity contribution in [1.82, 2.24) is 9.78 Å². The number of aromatic amines is 1. The molecule has 0 radical (unpaired) electrons. The molecule has 0 atom stereocenters. The van der Waals surface area contributed by atoms with Crippen molar-refractivity contribution in [3.8, 4) is 11.8 Å². The van der Waals surface area contributed by atoms with Crippen molar-refractivity contribution >= 4 is 22.6 Å². The minimum atomic E-state index is -0.131. The minimum absolute atomic E-state index is 0.131. The average molecular weight is 391 g/mol. The molecule has 142 valence electrons. The largest absolute Gasteiger partial charge is 0.295 e. The van der Waals surface area contributed by atoms with E-state index in [0.717, 1.165) is 47.3 Å². The van der Waals surface area contributed by atoms with Crippen LogP contribution in [0.5, 0.6) is 0 Å². The van der Waals surface area contributed by atoms with Crippen LogP contribution in [0, 0.1) is 32.1 Å². The zero-order valence-electron chi connectivity index (χ0n) is 16.3. The molecule has 0 amide bonds. The van der Waals surface area contributed by atoms with E-state index >= 15 is 0 Å². The van der Waals surface area contributed by atoms with Gasteiger partial charge in [-0.25, -0.2) is 9.67 Å². The van der Waals surface area contributed by atoms with Gasteiger partial charge in [-0.1, -0.05) is 17.7 Å². The zero-order valence-corrected chi connectivity index (χ0v) is 17.1. The molecule has 2 heterocycles. The van der Waals surface area contributed by atoms with Gasteiger partial charge >= 0.3 is 0 Å². The summed E-state index contributed by atoms with van der Waals surface area (Å²) in [5.74, 6) is 0. The highest BCUT2D eigenvalue weighted by Gasteiger charge is 2.20. The predicted octanol–water partition coefficient (Wildman–Crippen LogP) is 4.65. The summed E-state index contributed by atoms with van der Waals surface area (Å²) in [6.07, 6.45) is 5.87. The van der Waals surface area contributed by atoms with Crippen LogP contribution >= 0.6 is 11.3 Å². The molecule has 1 aliphatic rings. The molecule has 2 aromatic heterocycles. The number of nitriles is 1. The van der Waals surface area contributed by atoms with E-state index in [9.17, 15) is 10.1 Å². The number of rotatable bonds is 3. The van der Waals surface area contributed by atoms with Gasteiger partial charge in [0.1, 0.15) is 11.1 Å². The molecule has 5 nitrogen and oxygen atoms in total. The number of hydrogen-bond donors (Lipinski definition) is 1. The number of nitrogens with one attached hydrogen (secondary N) is 1. The number of aliphatic imine (C=N–C) groups is 1. The summed E-state index contributed by atoms with van der Waals surface area (Å²) in [5, 5.41) is 13.5. The van der Waals surface area contributed by atoms with Crippen molar-refractivity contribution in [2.45, 2.75) is 46.5 Å². The molecule has 1 aromatic carbocycles. The van der Waals surface area contributed by atoms with Gasteiger partial charge in [-0.3, -0.25) is 9.89 Å². The van der Waals surface area contributed by atoms with Gasteiger partial charge in [0.25, 0.3) is 5.56 Å². The topological polar surface area (TPSA) is 73.9 Å². The molecule has 4 rings (SSSR count). The Kier molecular flexibility index (Phi) is 4.78. The molecule has 28 heavy (non-hydrogen) atoms. The molecular formula is C22H22N4OS. The lowest BCUT2D eigenvalue weighted by Gasteiger charge is -2.09. The lowest BCUT2D eigenvalue weighted by molar-refractivity contribution is 0.696. The smallest absolute Gasteiger partial charge is 0.280 e. The fourth-order valence-electron chi connectivity index (χ4n) is 3.82. The second kappa shape index (κ2) is 7.25. The summed E-state index contributed by atoms with van der Waals surface area (Å²) in [7, 11) is 0. The predicted molar refractivity (Wildman–Crippen MR) is 114 cm³/mol. The van der Waals surface area contributed by atoms with Crippen molar-refractivity contribution in [3.05, 3.63) is 66.9 Å². The Morgan fingerprint density at radius 1 is 1.25 bits per heavy atom. The van der Waals surface area contributed by atoms with Crippen molar-refractivity contribution in [2.75, 3.05) is 0 Å². The second-order valence-electron chi connectivity index (χ2n) is 7.34. The van der Waals surface area contributed by atoms with Crippen LogP contribution in [0.4, 0.5) is 5.00 Å². The molecule has 3 aromatic rings. The van der Waals surface area contributed by atoms with E-state index in [0.29, 0.717) is 16.1 Å². The van der Waals surface area contributed by atoms with E-state index in [1.807, 2.05) is 32.9 Å². The van der Waals surface area contributed by atoms with E-state index < -0.39 is 0 Å². The maximum Gasteiger partial charge on any atom is 0.280 e. The van der Waals surface area contributed by atoms with Crippen LogP contribution in [-0.2, 0) is 12.8 Å². The van der Waals surface area contributed by atoms with Crippen molar-refractivity contribution < 1.29 is 0 Å². The third-order valence-corrected chi connectivity index (χ3v) is 6.49. The number of H-pyrrole nitrogens is 1. The molecule has 0 aliphatic heterocycles. The van der Waals surface area contributed by atoms with E-state index in [4.69, 9.17) is 0 Å². The average Bonchev–Trinajstić information content (AvgIpc) is 3.17. The van der Waals surface area contributed by atoms with Gasteiger partial charge in [0.15, 0.2) is 0 Å². The normalized spacial score (nSPS) is 13.6. The van der Waals surface area contributed by atoms with Crippen LogP contribution in [-0.4, -0.2) is 16.0 Å². The molecule has 0 fully saturated rings. The highest BCUT2D eigenvalue weighted by Crippen LogP contribution is 2.39. The van der Waals surface area contributed by atoms with Gasteiger partial charge in [-0.2, -0.15) is 5.26 Å². The fourth-order valence-corrected chi connectivity index (χ4v) is 5.00. The third kappa shape index (κ3) is 3.12. The maximum absolute atomic E-state index is 13.0. The molecule has 1 aliphatic carbocycles. The zero-order chi connectivity index (χ0) is 19.8. The lowest BCUT2D eigenvalue weighted by Crippen LogP contribution is -2.18. The quantitative estimate of drug-likeness (QED) is 0.661. The maximum atomic E-state index is 13.0. The first-order valence-electron chi connectivity index (χ1n) is 9.47. The molecule has 6 heteroatoms. The van der Waals surface area contributed by atoms with E-state index in [1.165, 1.54) is 11.3 Å². The third-order valence-electron chi connectivity index (χ3n) is 5.29. The summed E-state index contributed by atoms with van der Waals surface area (Å²) in [6.45, 7) is 5.90. The monoisotopic (exact) mass is 390 g/mol. The Morgan fingerprint density at radius 3 is 2.79 bits per heavy atom. The minimum Gasteiger partial charge on any atom is -0.295 e. The number of thiophene rings is 1. The highest BCUT2D eigenvalue weighted by atomic mass is 32.1. The van der Waals surface area contributed by atoms with Crippen molar-refractivity contribution in [2.24, 2.45) is 4.99 Å². The lowest BCUT2D eigenvalue weighted by atomic mass is 9.96. The molecule has 0 saturated heterocycles. The number of nitrogens with zero attached hydrogens (tertiary/aromatic N) is 3. The molecule has 0 unspecified atom stereocenters. The molecule has 0 saturated carbocycles. The van der Waals surface area contributed by atoms with Crippen LogP contribution < -0.4 is 5.56 Å². The van der Waals surface area contributed by atoms with Crippen LogP contribution in [0.3, 0.4) is 0 Å².